The third-order valence-corrected chi connectivity index (χ3v) is 5.05. The number of rotatable bonds is 0. The average Bonchev–Trinajstić information content (AvgIpc) is 1.98. The van der Waals surface area contributed by atoms with Crippen LogP contribution in [0.4, 0.5) is 0 Å². The molecule has 0 spiro atoms. The van der Waals surface area contributed by atoms with Gasteiger partial charge in [-0.2, -0.15) is 0 Å². The van der Waals surface area contributed by atoms with Crippen LogP contribution in [0.25, 0.3) is 0 Å². The van der Waals surface area contributed by atoms with Gasteiger partial charge in [0.25, 0.3) is 0 Å². The molecule has 1 aliphatic carbocycles. The van der Waals surface area contributed by atoms with Crippen LogP contribution in [-0.4, -0.2) is 3.92 Å². The Labute approximate surface area is 71.5 Å². The highest BCUT2D eigenvalue weighted by Gasteiger charge is 2.33. The van der Waals surface area contributed by atoms with Gasteiger partial charge >= 0.3 is 0 Å². The summed E-state index contributed by atoms with van der Waals surface area (Å²) in [7, 11) is 0. The lowest BCUT2D eigenvalue weighted by Crippen LogP contribution is -2.10. The highest BCUT2D eigenvalue weighted by molar-refractivity contribution is 14.1. The topological polar surface area (TPSA) is 0 Å². The van der Waals surface area contributed by atoms with Crippen molar-refractivity contribution < 1.29 is 0 Å². The Morgan fingerprint density at radius 1 is 1.11 bits per heavy atom. The maximum Gasteiger partial charge on any atom is 0.0163 e. The maximum absolute atomic E-state index is 2.60. The Hall–Kier alpha value is 0.730. The van der Waals surface area contributed by atoms with Crippen LogP contribution < -0.4 is 0 Å². The summed E-state index contributed by atoms with van der Waals surface area (Å²) < 4.78 is 0.928. The molecule has 1 aliphatic rings. The minimum Gasteiger partial charge on any atom is -0.0820 e. The van der Waals surface area contributed by atoms with Crippen LogP contribution in [0.3, 0.4) is 0 Å². The van der Waals surface area contributed by atoms with Gasteiger partial charge < -0.3 is 0 Å². The van der Waals surface area contributed by atoms with Crippen molar-refractivity contribution >= 4 is 22.6 Å². The molecular weight excluding hydrogens is 223 g/mol. The molecule has 0 aromatic carbocycles. The summed E-state index contributed by atoms with van der Waals surface area (Å²) >= 11 is 2.60. The minimum atomic E-state index is 0.928. The summed E-state index contributed by atoms with van der Waals surface area (Å²) in [5, 5.41) is 0. The van der Waals surface area contributed by atoms with E-state index in [0.29, 0.717) is 0 Å². The quantitative estimate of drug-likeness (QED) is 0.449. The third-order valence-electron chi connectivity index (χ3n) is 2.69. The Bertz CT molecular complexity index is 88.7. The summed E-state index contributed by atoms with van der Waals surface area (Å²) in [6.45, 7) is 7.13. The van der Waals surface area contributed by atoms with Crippen LogP contribution in [0, 0.1) is 17.8 Å². The first-order valence-electron chi connectivity index (χ1n) is 3.77. The van der Waals surface area contributed by atoms with E-state index >= 15 is 0 Å². The van der Waals surface area contributed by atoms with Gasteiger partial charge in [0.1, 0.15) is 0 Å². The molecule has 0 radical (unpaired) electrons. The van der Waals surface area contributed by atoms with Gasteiger partial charge in [-0.3, -0.25) is 0 Å². The second-order valence-corrected chi connectivity index (χ2v) is 4.93. The van der Waals surface area contributed by atoms with Crippen molar-refractivity contribution in [2.24, 2.45) is 17.8 Å². The number of hydrogen-bond donors (Lipinski definition) is 0. The largest absolute Gasteiger partial charge is 0.0820 e. The zero-order chi connectivity index (χ0) is 7.02. The summed E-state index contributed by atoms with van der Waals surface area (Å²) in [5.74, 6) is 2.86. The van der Waals surface area contributed by atoms with E-state index in [2.05, 4.69) is 43.4 Å². The molecule has 54 valence electrons. The van der Waals surface area contributed by atoms with E-state index in [1.807, 2.05) is 0 Å². The molecule has 9 heavy (non-hydrogen) atoms. The molecule has 1 rings (SSSR count). The zero-order valence-corrected chi connectivity index (χ0v) is 8.55. The maximum atomic E-state index is 2.60. The lowest BCUT2D eigenvalue weighted by molar-refractivity contribution is 0.467. The summed E-state index contributed by atoms with van der Waals surface area (Å²) in [5.41, 5.74) is 0. The Balaban J connectivity index is 2.54. The van der Waals surface area contributed by atoms with Gasteiger partial charge in [-0.05, 0) is 24.2 Å². The van der Waals surface area contributed by atoms with Crippen LogP contribution in [0.15, 0.2) is 0 Å². The van der Waals surface area contributed by atoms with Crippen LogP contribution in [0.5, 0.6) is 0 Å². The molecule has 0 bridgehead atoms. The lowest BCUT2D eigenvalue weighted by atomic mass is 10.0. The van der Waals surface area contributed by atoms with Crippen LogP contribution in [-0.2, 0) is 0 Å². The van der Waals surface area contributed by atoms with Gasteiger partial charge in [0.2, 0.25) is 0 Å². The lowest BCUT2D eigenvalue weighted by Gasteiger charge is -2.12. The van der Waals surface area contributed by atoms with Crippen molar-refractivity contribution in [1.82, 2.24) is 0 Å². The number of hydrogen-bond acceptors (Lipinski definition) is 0. The summed E-state index contributed by atoms with van der Waals surface area (Å²) in [6.07, 6.45) is 1.44. The second-order valence-electron chi connectivity index (χ2n) is 3.49. The van der Waals surface area contributed by atoms with Gasteiger partial charge in [-0.15, -0.1) is 0 Å². The standard InChI is InChI=1S/C8H15I/c1-5-4-6(2)8(9)7(5)3/h5-8H,4H2,1-3H3. The fourth-order valence-electron chi connectivity index (χ4n) is 1.76. The Morgan fingerprint density at radius 2 is 1.67 bits per heavy atom. The molecule has 0 amide bonds. The molecular formula is C8H15I. The Kier molecular flexibility index (Phi) is 2.41. The van der Waals surface area contributed by atoms with Crippen molar-refractivity contribution in [3.05, 3.63) is 0 Å². The fourth-order valence-corrected chi connectivity index (χ4v) is 2.77. The molecule has 4 atom stereocenters. The molecule has 4 unspecified atom stereocenters. The van der Waals surface area contributed by atoms with Crippen molar-refractivity contribution in [2.45, 2.75) is 31.1 Å². The van der Waals surface area contributed by atoms with E-state index < -0.39 is 0 Å². The first-order valence-corrected chi connectivity index (χ1v) is 5.01. The summed E-state index contributed by atoms with van der Waals surface area (Å²) in [4.78, 5) is 0. The minimum absolute atomic E-state index is 0.928. The average molecular weight is 238 g/mol. The number of halogens is 1. The van der Waals surface area contributed by atoms with Crippen molar-refractivity contribution in [2.75, 3.05) is 0 Å². The smallest absolute Gasteiger partial charge is 0.0163 e. The van der Waals surface area contributed by atoms with E-state index in [0.717, 1.165) is 21.7 Å². The molecule has 1 saturated carbocycles. The van der Waals surface area contributed by atoms with Crippen molar-refractivity contribution in [3.8, 4) is 0 Å². The van der Waals surface area contributed by atoms with Crippen LogP contribution in [0.1, 0.15) is 27.2 Å². The van der Waals surface area contributed by atoms with E-state index in [-0.39, 0.29) is 0 Å². The molecule has 0 aromatic rings. The monoisotopic (exact) mass is 238 g/mol. The SMILES string of the molecule is CC1CC(C)C(I)C1C. The first kappa shape index (κ1) is 7.83. The van der Waals surface area contributed by atoms with E-state index in [4.69, 9.17) is 0 Å². The molecule has 0 nitrogen and oxygen atoms in total. The number of alkyl halides is 1. The Morgan fingerprint density at radius 3 is 1.78 bits per heavy atom. The molecule has 0 N–H and O–H groups in total. The molecule has 1 fully saturated rings. The van der Waals surface area contributed by atoms with Gasteiger partial charge in [-0.1, -0.05) is 43.4 Å². The molecule has 0 heterocycles. The second kappa shape index (κ2) is 2.77. The highest BCUT2D eigenvalue weighted by atomic mass is 127. The highest BCUT2D eigenvalue weighted by Crippen LogP contribution is 2.40. The van der Waals surface area contributed by atoms with E-state index in [1.165, 1.54) is 6.42 Å². The van der Waals surface area contributed by atoms with Crippen molar-refractivity contribution in [1.29, 1.82) is 0 Å². The molecule has 0 aromatic heterocycles. The van der Waals surface area contributed by atoms with E-state index in [9.17, 15) is 0 Å². The molecule has 1 heteroatoms. The normalized spacial score (nSPS) is 52.0. The summed E-state index contributed by atoms with van der Waals surface area (Å²) in [6, 6.07) is 0. The van der Waals surface area contributed by atoms with Crippen LogP contribution in [0.2, 0.25) is 0 Å². The van der Waals surface area contributed by atoms with Gasteiger partial charge in [0.15, 0.2) is 0 Å². The molecule has 0 saturated heterocycles. The van der Waals surface area contributed by atoms with Crippen LogP contribution >= 0.6 is 22.6 Å². The van der Waals surface area contributed by atoms with Gasteiger partial charge in [0.05, 0.1) is 0 Å². The first-order chi connectivity index (χ1) is 4.13. The van der Waals surface area contributed by atoms with E-state index in [1.54, 1.807) is 0 Å². The zero-order valence-electron chi connectivity index (χ0n) is 6.39. The fraction of sp³-hybridized carbons (Fsp3) is 1.00. The molecule has 0 aliphatic heterocycles. The third kappa shape index (κ3) is 1.41. The van der Waals surface area contributed by atoms with Gasteiger partial charge in [-0.25, -0.2) is 0 Å². The van der Waals surface area contributed by atoms with Gasteiger partial charge in [0, 0.05) is 3.92 Å². The predicted molar refractivity (Wildman–Crippen MR) is 49.9 cm³/mol. The predicted octanol–water partition coefficient (Wildman–Crippen LogP) is 3.10. The van der Waals surface area contributed by atoms with Crippen molar-refractivity contribution in [3.63, 3.8) is 0 Å².